The molecule has 3 heteroatoms. The van der Waals surface area contributed by atoms with Gasteiger partial charge in [-0.2, -0.15) is 49.2 Å². The van der Waals surface area contributed by atoms with Crippen LogP contribution in [0.25, 0.3) is 0 Å². The molecule has 2 fully saturated rings. The molecule has 0 amide bonds. The zero-order valence-electron chi connectivity index (χ0n) is 13.8. The SMILES string of the molecule is NC1CCC(CCN2CC[CH-]CC2)CC1.[Y].[c-]1ccccc1. The largest absolute Gasteiger partial charge is 0.328 e. The number of hydrogen-bond acceptors (Lipinski definition) is 2. The van der Waals surface area contributed by atoms with Gasteiger partial charge in [-0.1, -0.05) is 0 Å². The molecule has 1 aromatic carbocycles. The maximum absolute atomic E-state index is 5.92. The molecule has 2 nitrogen and oxygen atoms in total. The third kappa shape index (κ3) is 8.77. The molecule has 1 heterocycles. The number of benzene rings is 1. The van der Waals surface area contributed by atoms with Crippen LogP contribution < -0.4 is 5.73 Å². The fourth-order valence-corrected chi connectivity index (χ4v) is 3.21. The van der Waals surface area contributed by atoms with Crippen LogP contribution in [-0.4, -0.2) is 30.6 Å². The van der Waals surface area contributed by atoms with E-state index in [4.69, 9.17) is 5.73 Å². The summed E-state index contributed by atoms with van der Waals surface area (Å²) < 4.78 is 0. The number of nitrogens with two attached hydrogens (primary N) is 1. The number of likely N-dealkylation sites (tertiary alicyclic amines) is 1. The fraction of sp³-hybridized carbons (Fsp3) is 0.632. The normalized spacial score (nSPS) is 25.5. The van der Waals surface area contributed by atoms with Gasteiger partial charge >= 0.3 is 0 Å². The van der Waals surface area contributed by atoms with Gasteiger partial charge in [0.2, 0.25) is 0 Å². The summed E-state index contributed by atoms with van der Waals surface area (Å²) in [4.78, 5) is 2.63. The smallest absolute Gasteiger partial charge is 0.00390 e. The summed E-state index contributed by atoms with van der Waals surface area (Å²) in [7, 11) is 0. The third-order valence-electron chi connectivity index (χ3n) is 4.65. The standard InChI is InChI=1S/C13H25N2.C6H5.Y/c14-13-6-4-12(5-7-13)8-11-15-9-2-1-3-10-15;1-2-4-6-5-3-1;/h1,12-13H,2-11,14H2;1-5H;/q2*-1;. The molecule has 1 aliphatic carbocycles. The van der Waals surface area contributed by atoms with Gasteiger partial charge in [0, 0.05) is 38.8 Å². The average Bonchev–Trinajstić information content (AvgIpc) is 2.57. The van der Waals surface area contributed by atoms with Crippen LogP contribution in [-0.2, 0) is 32.7 Å². The van der Waals surface area contributed by atoms with Gasteiger partial charge in [0.25, 0.3) is 0 Å². The molecule has 0 unspecified atom stereocenters. The van der Waals surface area contributed by atoms with E-state index in [-0.39, 0.29) is 32.7 Å². The summed E-state index contributed by atoms with van der Waals surface area (Å²) in [6.45, 7) is 3.92. The molecule has 1 saturated carbocycles. The van der Waals surface area contributed by atoms with E-state index in [0.717, 1.165) is 5.92 Å². The zero-order chi connectivity index (χ0) is 14.8. The second-order valence-corrected chi connectivity index (χ2v) is 6.35. The maximum Gasteiger partial charge on any atom is 0.00390 e. The van der Waals surface area contributed by atoms with E-state index in [1.165, 1.54) is 64.6 Å². The van der Waals surface area contributed by atoms with Crippen LogP contribution in [0.4, 0.5) is 0 Å². The maximum atomic E-state index is 5.92. The van der Waals surface area contributed by atoms with Crippen LogP contribution in [0.5, 0.6) is 0 Å². The van der Waals surface area contributed by atoms with E-state index in [9.17, 15) is 0 Å². The quantitative estimate of drug-likeness (QED) is 0.817. The van der Waals surface area contributed by atoms with E-state index in [1.807, 2.05) is 30.3 Å². The van der Waals surface area contributed by atoms with Crippen molar-refractivity contribution in [3.8, 4) is 0 Å². The van der Waals surface area contributed by atoms with Gasteiger partial charge in [0.05, 0.1) is 0 Å². The molecular weight excluding hydrogens is 345 g/mol. The fourth-order valence-electron chi connectivity index (χ4n) is 3.21. The van der Waals surface area contributed by atoms with E-state index < -0.39 is 0 Å². The molecule has 121 valence electrons. The Morgan fingerprint density at radius 1 is 1.00 bits per heavy atom. The van der Waals surface area contributed by atoms with Crippen molar-refractivity contribution in [1.29, 1.82) is 0 Å². The van der Waals surface area contributed by atoms with Crippen molar-refractivity contribution in [3.05, 3.63) is 42.8 Å². The molecule has 1 radical (unpaired) electrons. The van der Waals surface area contributed by atoms with Gasteiger partial charge in [0.15, 0.2) is 0 Å². The van der Waals surface area contributed by atoms with Crippen LogP contribution in [0.1, 0.15) is 44.9 Å². The van der Waals surface area contributed by atoms with E-state index >= 15 is 0 Å². The average molecular weight is 375 g/mol. The summed E-state index contributed by atoms with van der Waals surface area (Å²) in [5, 5.41) is 0. The molecule has 2 N–H and O–H groups in total. The molecule has 0 spiro atoms. The van der Waals surface area contributed by atoms with Crippen molar-refractivity contribution in [3.63, 3.8) is 0 Å². The van der Waals surface area contributed by atoms with Crippen molar-refractivity contribution in [2.75, 3.05) is 19.6 Å². The number of piperidine rings is 1. The van der Waals surface area contributed by atoms with Crippen LogP contribution >= 0.6 is 0 Å². The molecule has 0 atom stereocenters. The number of hydrogen-bond donors (Lipinski definition) is 1. The minimum atomic E-state index is 0. The minimum Gasteiger partial charge on any atom is -0.328 e. The monoisotopic (exact) mass is 375 g/mol. The molecule has 1 saturated heterocycles. The Balaban J connectivity index is 0.000000293. The Morgan fingerprint density at radius 2 is 1.64 bits per heavy atom. The van der Waals surface area contributed by atoms with Crippen molar-refractivity contribution >= 4 is 0 Å². The summed E-state index contributed by atoms with van der Waals surface area (Å²) >= 11 is 0. The van der Waals surface area contributed by atoms with Gasteiger partial charge in [-0.25, -0.2) is 0 Å². The first-order chi connectivity index (χ1) is 10.3. The van der Waals surface area contributed by atoms with Crippen LogP contribution in [0.2, 0.25) is 0 Å². The molecule has 22 heavy (non-hydrogen) atoms. The van der Waals surface area contributed by atoms with Crippen molar-refractivity contribution in [2.24, 2.45) is 11.7 Å². The third-order valence-corrected chi connectivity index (χ3v) is 4.65. The van der Waals surface area contributed by atoms with Crippen LogP contribution in [0.3, 0.4) is 0 Å². The molecule has 0 aromatic heterocycles. The summed E-state index contributed by atoms with van der Waals surface area (Å²) in [5.74, 6) is 0.968. The Labute approximate surface area is 162 Å². The topological polar surface area (TPSA) is 29.3 Å². The Morgan fingerprint density at radius 3 is 2.14 bits per heavy atom. The second-order valence-electron chi connectivity index (χ2n) is 6.35. The van der Waals surface area contributed by atoms with Crippen LogP contribution in [0, 0.1) is 18.4 Å². The van der Waals surface area contributed by atoms with Gasteiger partial charge in [-0.05, 0) is 57.7 Å². The number of rotatable bonds is 3. The van der Waals surface area contributed by atoms with Crippen molar-refractivity contribution in [1.82, 2.24) is 4.90 Å². The van der Waals surface area contributed by atoms with Gasteiger partial charge < -0.3 is 17.1 Å². The summed E-state index contributed by atoms with van der Waals surface area (Å²) in [6.07, 6.45) is 11.7. The predicted octanol–water partition coefficient (Wildman–Crippen LogP) is 3.68. The minimum absolute atomic E-state index is 0. The van der Waals surface area contributed by atoms with E-state index in [1.54, 1.807) is 0 Å². The molecule has 2 aliphatic rings. The summed E-state index contributed by atoms with van der Waals surface area (Å²) in [6, 6.07) is 13.0. The molecule has 0 bridgehead atoms. The van der Waals surface area contributed by atoms with Gasteiger partial charge in [-0.3, -0.25) is 0 Å². The second kappa shape index (κ2) is 12.6. The van der Waals surface area contributed by atoms with Crippen LogP contribution in [0.15, 0.2) is 30.3 Å². The Hall–Kier alpha value is 0.244. The molecule has 1 aliphatic heterocycles. The summed E-state index contributed by atoms with van der Waals surface area (Å²) in [5.41, 5.74) is 5.92. The number of nitrogens with zero attached hydrogens (tertiary/aromatic N) is 1. The van der Waals surface area contributed by atoms with E-state index in [0.29, 0.717) is 6.04 Å². The Bertz CT molecular complexity index is 317. The van der Waals surface area contributed by atoms with Crippen molar-refractivity contribution in [2.45, 2.75) is 51.0 Å². The van der Waals surface area contributed by atoms with Gasteiger partial charge in [-0.15, -0.1) is 0 Å². The van der Waals surface area contributed by atoms with Gasteiger partial charge in [0.1, 0.15) is 0 Å². The molecule has 1 aromatic rings. The Kier molecular flexibility index (Phi) is 11.7. The van der Waals surface area contributed by atoms with E-state index in [2.05, 4.69) is 17.4 Å². The zero-order valence-corrected chi connectivity index (χ0v) is 16.6. The predicted molar refractivity (Wildman–Crippen MR) is 89.8 cm³/mol. The first kappa shape index (κ1) is 20.3. The van der Waals surface area contributed by atoms with Crippen molar-refractivity contribution < 1.29 is 32.7 Å². The first-order valence-corrected chi connectivity index (χ1v) is 8.55. The first-order valence-electron chi connectivity index (χ1n) is 8.55. The molecular formula is C19H30N2Y-2. The molecule has 3 rings (SSSR count).